The summed E-state index contributed by atoms with van der Waals surface area (Å²) in [7, 11) is 0. The molecule has 0 aliphatic heterocycles. The molecule has 0 aliphatic rings. The third kappa shape index (κ3) is 7.07. The van der Waals surface area contributed by atoms with Crippen molar-refractivity contribution in [2.24, 2.45) is 10.8 Å². The number of aromatic hydroxyl groups is 2. The van der Waals surface area contributed by atoms with E-state index >= 15 is 0 Å². The normalized spacial score (nSPS) is 12.9. The van der Waals surface area contributed by atoms with Gasteiger partial charge >= 0.3 is 0 Å². The van der Waals surface area contributed by atoms with Gasteiger partial charge in [0.15, 0.2) is 0 Å². The summed E-state index contributed by atoms with van der Waals surface area (Å²) in [5.41, 5.74) is 3.43. The van der Waals surface area contributed by atoms with E-state index in [1.54, 1.807) is 24.3 Å². The molecule has 0 saturated carbocycles. The zero-order chi connectivity index (χ0) is 23.4. The minimum absolute atomic E-state index is 0.120. The van der Waals surface area contributed by atoms with Crippen molar-refractivity contribution in [3.63, 3.8) is 0 Å². The van der Waals surface area contributed by atoms with E-state index in [2.05, 4.69) is 69.2 Å². The molecular weight excluding hydrogens is 368 g/mol. The van der Waals surface area contributed by atoms with Gasteiger partial charge in [-0.25, -0.2) is 0 Å². The number of hydrogen-bond donors (Lipinski definition) is 2. The van der Waals surface area contributed by atoms with Crippen LogP contribution in [-0.2, 0) is 10.8 Å². The van der Waals surface area contributed by atoms with Crippen molar-refractivity contribution in [1.29, 1.82) is 0 Å². The summed E-state index contributed by atoms with van der Waals surface area (Å²) in [6.07, 6.45) is 2.27. The highest BCUT2D eigenvalue weighted by Gasteiger charge is 2.36. The molecule has 0 fully saturated rings. The Morgan fingerprint density at radius 1 is 0.600 bits per heavy atom. The maximum atomic E-state index is 9.28. The predicted molar refractivity (Wildman–Crippen MR) is 130 cm³/mol. The minimum atomic E-state index is 0.120. The van der Waals surface area contributed by atoms with Gasteiger partial charge in [0.25, 0.3) is 0 Å². The fraction of sp³-hybridized carbons (Fsp3) is 0.571. The molecule has 0 amide bonds. The van der Waals surface area contributed by atoms with Crippen LogP contribution < -0.4 is 0 Å². The Morgan fingerprint density at radius 3 is 1.30 bits per heavy atom. The summed E-state index contributed by atoms with van der Waals surface area (Å²) in [5.74, 6) is 0.675. The first-order valence-electron chi connectivity index (χ1n) is 11.1. The van der Waals surface area contributed by atoms with Gasteiger partial charge in [0.1, 0.15) is 11.5 Å². The van der Waals surface area contributed by atoms with Crippen LogP contribution in [0, 0.1) is 10.8 Å². The lowest BCUT2D eigenvalue weighted by molar-refractivity contribution is 0.189. The second-order valence-corrected chi connectivity index (χ2v) is 11.6. The Bertz CT molecular complexity index is 773. The maximum absolute atomic E-state index is 9.28. The van der Waals surface area contributed by atoms with Gasteiger partial charge in [-0.1, -0.05) is 99.9 Å². The average Bonchev–Trinajstić information content (AvgIpc) is 2.61. The summed E-state index contributed by atoms with van der Waals surface area (Å²) in [6, 6.07) is 15.1. The largest absolute Gasteiger partial charge is 0.508 e. The molecule has 2 aromatic carbocycles. The zero-order valence-corrected chi connectivity index (χ0v) is 20.9. The Hall–Kier alpha value is -1.96. The molecule has 0 saturated heterocycles. The van der Waals surface area contributed by atoms with Crippen molar-refractivity contribution in [3.05, 3.63) is 59.7 Å². The SMILES string of the molecule is CC(C)(C)CC(C)(C)c1ccc(O)cc1.CCC(C)(C)C(C)(C)c1ccc(O)cc1. The van der Waals surface area contributed by atoms with E-state index in [0.29, 0.717) is 16.9 Å². The van der Waals surface area contributed by atoms with Crippen molar-refractivity contribution in [1.82, 2.24) is 0 Å². The molecule has 30 heavy (non-hydrogen) atoms. The zero-order valence-electron chi connectivity index (χ0n) is 20.9. The molecule has 2 heteroatoms. The monoisotopic (exact) mass is 412 g/mol. The van der Waals surface area contributed by atoms with Crippen LogP contribution in [0.2, 0.25) is 0 Å². The van der Waals surface area contributed by atoms with Crippen LogP contribution in [0.3, 0.4) is 0 Å². The Labute approximate surface area is 185 Å². The second-order valence-electron chi connectivity index (χ2n) is 11.6. The molecule has 2 nitrogen and oxygen atoms in total. The summed E-state index contributed by atoms with van der Waals surface area (Å²) < 4.78 is 0. The molecule has 0 spiro atoms. The van der Waals surface area contributed by atoms with Crippen LogP contribution in [0.4, 0.5) is 0 Å². The molecular formula is C28H44O2. The van der Waals surface area contributed by atoms with Gasteiger partial charge in [-0.05, 0) is 63.5 Å². The lowest BCUT2D eigenvalue weighted by Gasteiger charge is -2.41. The van der Waals surface area contributed by atoms with Crippen LogP contribution >= 0.6 is 0 Å². The van der Waals surface area contributed by atoms with Crippen molar-refractivity contribution in [2.45, 2.75) is 92.9 Å². The quantitative estimate of drug-likeness (QED) is 0.519. The van der Waals surface area contributed by atoms with Crippen molar-refractivity contribution >= 4 is 0 Å². The molecule has 168 valence electrons. The van der Waals surface area contributed by atoms with Gasteiger partial charge in [-0.3, -0.25) is 0 Å². The first-order valence-corrected chi connectivity index (χ1v) is 11.1. The van der Waals surface area contributed by atoms with Gasteiger partial charge in [-0.2, -0.15) is 0 Å². The Morgan fingerprint density at radius 2 is 0.967 bits per heavy atom. The van der Waals surface area contributed by atoms with Crippen molar-refractivity contribution in [3.8, 4) is 11.5 Å². The van der Waals surface area contributed by atoms with E-state index in [1.165, 1.54) is 11.1 Å². The third-order valence-electron chi connectivity index (χ3n) is 6.79. The van der Waals surface area contributed by atoms with Gasteiger partial charge in [0.2, 0.25) is 0 Å². The lowest BCUT2D eigenvalue weighted by Crippen LogP contribution is -2.35. The number of hydrogen-bond acceptors (Lipinski definition) is 2. The second kappa shape index (κ2) is 9.45. The smallest absolute Gasteiger partial charge is 0.115 e. The molecule has 0 bridgehead atoms. The van der Waals surface area contributed by atoms with Crippen LogP contribution in [0.1, 0.15) is 93.2 Å². The minimum Gasteiger partial charge on any atom is -0.508 e. The molecule has 0 atom stereocenters. The van der Waals surface area contributed by atoms with Crippen LogP contribution in [0.5, 0.6) is 11.5 Å². The van der Waals surface area contributed by atoms with E-state index in [1.807, 2.05) is 24.3 Å². The Balaban J connectivity index is 0.000000300. The van der Waals surface area contributed by atoms with Crippen LogP contribution in [-0.4, -0.2) is 10.2 Å². The van der Waals surface area contributed by atoms with E-state index in [9.17, 15) is 10.2 Å². The first kappa shape index (κ1) is 26.1. The van der Waals surface area contributed by atoms with Gasteiger partial charge in [0, 0.05) is 0 Å². The fourth-order valence-electron chi connectivity index (χ4n) is 4.05. The first-order chi connectivity index (χ1) is 13.5. The molecule has 0 aliphatic carbocycles. The van der Waals surface area contributed by atoms with Gasteiger partial charge in [0.05, 0.1) is 0 Å². The number of rotatable bonds is 5. The standard InChI is InChI=1S/2C14H22O/c1-13(2,3)10-14(4,5)11-6-8-12(15)9-7-11;1-6-13(2,3)14(4,5)11-7-9-12(15)10-8-11/h6-9,15H,10H2,1-5H3;7-10,15H,6H2,1-5H3. The average molecular weight is 413 g/mol. The third-order valence-corrected chi connectivity index (χ3v) is 6.79. The highest BCUT2D eigenvalue weighted by atomic mass is 16.3. The summed E-state index contributed by atoms with van der Waals surface area (Å²) in [5, 5.41) is 18.5. The van der Waals surface area contributed by atoms with Crippen LogP contribution in [0.15, 0.2) is 48.5 Å². The van der Waals surface area contributed by atoms with E-state index < -0.39 is 0 Å². The molecule has 0 radical (unpaired) electrons. The number of benzene rings is 2. The molecule has 0 unspecified atom stereocenters. The van der Waals surface area contributed by atoms with Crippen molar-refractivity contribution < 1.29 is 10.2 Å². The van der Waals surface area contributed by atoms with Gasteiger partial charge in [-0.15, -0.1) is 0 Å². The molecule has 2 aromatic rings. The fourth-order valence-corrected chi connectivity index (χ4v) is 4.05. The maximum Gasteiger partial charge on any atom is 0.115 e. The highest BCUT2D eigenvalue weighted by molar-refractivity contribution is 5.32. The summed E-state index contributed by atoms with van der Waals surface area (Å²) in [6.45, 7) is 22.6. The van der Waals surface area contributed by atoms with E-state index in [4.69, 9.17) is 0 Å². The summed E-state index contributed by atoms with van der Waals surface area (Å²) >= 11 is 0. The van der Waals surface area contributed by atoms with Crippen molar-refractivity contribution in [2.75, 3.05) is 0 Å². The number of phenols is 2. The van der Waals surface area contributed by atoms with Crippen LogP contribution in [0.25, 0.3) is 0 Å². The van der Waals surface area contributed by atoms with E-state index in [0.717, 1.165) is 12.8 Å². The van der Waals surface area contributed by atoms with E-state index in [-0.39, 0.29) is 16.2 Å². The Kier molecular flexibility index (Phi) is 8.22. The molecule has 2 N–H and O–H groups in total. The number of phenolic OH excluding ortho intramolecular Hbond substituents is 2. The predicted octanol–water partition coefficient (Wildman–Crippen LogP) is 8.21. The molecule has 0 heterocycles. The van der Waals surface area contributed by atoms with Gasteiger partial charge < -0.3 is 10.2 Å². The summed E-state index contributed by atoms with van der Waals surface area (Å²) in [4.78, 5) is 0. The lowest BCUT2D eigenvalue weighted by atomic mass is 9.63. The molecule has 2 rings (SSSR count). The highest BCUT2D eigenvalue weighted by Crippen LogP contribution is 2.43. The topological polar surface area (TPSA) is 40.5 Å². The molecule has 0 aromatic heterocycles.